The minimum atomic E-state index is 0.400. The lowest BCUT2D eigenvalue weighted by atomic mass is 9.75. The van der Waals surface area contributed by atoms with E-state index in [1.807, 2.05) is 0 Å². The second kappa shape index (κ2) is 5.50. The van der Waals surface area contributed by atoms with Gasteiger partial charge in [-0.3, -0.25) is 0 Å². The molecule has 0 amide bonds. The number of rotatable bonds is 4. The van der Waals surface area contributed by atoms with E-state index in [1.165, 1.54) is 50.9 Å². The van der Waals surface area contributed by atoms with E-state index in [1.54, 1.807) is 5.57 Å². The molecule has 2 rings (SSSR count). The Labute approximate surface area is 113 Å². The number of hydrogen-bond acceptors (Lipinski definition) is 1. The fourth-order valence-electron chi connectivity index (χ4n) is 3.30. The summed E-state index contributed by atoms with van der Waals surface area (Å²) in [5, 5.41) is 0. The van der Waals surface area contributed by atoms with Crippen LogP contribution in [0, 0.1) is 11.3 Å². The van der Waals surface area contributed by atoms with Crippen molar-refractivity contribution in [3.63, 3.8) is 0 Å². The monoisotopic (exact) mass is 247 g/mol. The molecule has 0 aromatic rings. The van der Waals surface area contributed by atoms with Gasteiger partial charge in [-0.2, -0.15) is 0 Å². The van der Waals surface area contributed by atoms with Crippen molar-refractivity contribution in [1.82, 2.24) is 4.90 Å². The molecule has 1 nitrogen and oxygen atoms in total. The van der Waals surface area contributed by atoms with Gasteiger partial charge in [0.25, 0.3) is 0 Å². The smallest absolute Gasteiger partial charge is 0.0352 e. The Bertz CT molecular complexity index is 345. The Hall–Kier alpha value is -0.720. The molecule has 0 bridgehead atoms. The van der Waals surface area contributed by atoms with Crippen molar-refractivity contribution in [3.05, 3.63) is 23.4 Å². The van der Waals surface area contributed by atoms with Crippen LogP contribution in [0.15, 0.2) is 23.4 Å². The molecular formula is C17H29N. The summed E-state index contributed by atoms with van der Waals surface area (Å²) in [5.74, 6) is 0.819. The minimum absolute atomic E-state index is 0.400. The van der Waals surface area contributed by atoms with Crippen LogP contribution in [0.4, 0.5) is 0 Å². The molecular weight excluding hydrogens is 218 g/mol. The van der Waals surface area contributed by atoms with Gasteiger partial charge in [-0.05, 0) is 55.6 Å². The van der Waals surface area contributed by atoms with E-state index < -0.39 is 0 Å². The maximum atomic E-state index is 2.58. The van der Waals surface area contributed by atoms with Crippen molar-refractivity contribution in [3.8, 4) is 0 Å². The Morgan fingerprint density at radius 3 is 2.50 bits per heavy atom. The predicted molar refractivity (Wildman–Crippen MR) is 79.4 cm³/mol. The topological polar surface area (TPSA) is 3.24 Å². The first kappa shape index (κ1) is 13.7. The van der Waals surface area contributed by atoms with Crippen LogP contribution in [0.25, 0.3) is 0 Å². The van der Waals surface area contributed by atoms with E-state index in [4.69, 9.17) is 0 Å². The highest BCUT2D eigenvalue weighted by molar-refractivity contribution is 5.31. The molecule has 0 aromatic carbocycles. The highest BCUT2D eigenvalue weighted by atomic mass is 15.1. The molecule has 1 aliphatic carbocycles. The summed E-state index contributed by atoms with van der Waals surface area (Å²) in [6.07, 6.45) is 11.5. The van der Waals surface area contributed by atoms with Crippen molar-refractivity contribution < 1.29 is 0 Å². The van der Waals surface area contributed by atoms with Crippen LogP contribution in [0.3, 0.4) is 0 Å². The van der Waals surface area contributed by atoms with Gasteiger partial charge in [0.05, 0.1) is 0 Å². The highest BCUT2D eigenvalue weighted by Gasteiger charge is 2.27. The summed E-state index contributed by atoms with van der Waals surface area (Å²) in [4.78, 5) is 2.58. The highest BCUT2D eigenvalue weighted by Crippen LogP contribution is 2.39. The van der Waals surface area contributed by atoms with E-state index >= 15 is 0 Å². The zero-order valence-electron chi connectivity index (χ0n) is 12.6. The van der Waals surface area contributed by atoms with Crippen LogP contribution in [0.1, 0.15) is 59.8 Å². The maximum Gasteiger partial charge on any atom is 0.0352 e. The number of likely N-dealkylation sites (tertiary alicyclic amines) is 1. The van der Waals surface area contributed by atoms with E-state index in [9.17, 15) is 0 Å². The molecule has 1 aliphatic heterocycles. The van der Waals surface area contributed by atoms with Gasteiger partial charge >= 0.3 is 0 Å². The Morgan fingerprint density at radius 1 is 1.28 bits per heavy atom. The van der Waals surface area contributed by atoms with Gasteiger partial charge < -0.3 is 4.90 Å². The van der Waals surface area contributed by atoms with Crippen LogP contribution in [-0.4, -0.2) is 18.0 Å². The Balaban J connectivity index is 2.01. The summed E-state index contributed by atoms with van der Waals surface area (Å²) >= 11 is 0. The summed E-state index contributed by atoms with van der Waals surface area (Å²) in [5.41, 5.74) is 3.53. The average molecular weight is 247 g/mol. The molecule has 1 heteroatoms. The van der Waals surface area contributed by atoms with Crippen molar-refractivity contribution in [2.24, 2.45) is 11.3 Å². The normalized spacial score (nSPS) is 28.6. The molecule has 0 N–H and O–H groups in total. The molecule has 18 heavy (non-hydrogen) atoms. The molecule has 0 radical (unpaired) electrons. The SMILES string of the molecule is CC1=C(N2CCCC2)C=CC(C)(CCC(C)C)C1. The summed E-state index contributed by atoms with van der Waals surface area (Å²) in [7, 11) is 0. The molecule has 0 saturated carbocycles. The van der Waals surface area contributed by atoms with Gasteiger partial charge in [0, 0.05) is 18.8 Å². The lowest BCUT2D eigenvalue weighted by Crippen LogP contribution is -2.25. The van der Waals surface area contributed by atoms with Gasteiger partial charge in [-0.25, -0.2) is 0 Å². The minimum Gasteiger partial charge on any atom is -0.372 e. The van der Waals surface area contributed by atoms with Gasteiger partial charge in [0.15, 0.2) is 0 Å². The lowest BCUT2D eigenvalue weighted by Gasteiger charge is -2.34. The van der Waals surface area contributed by atoms with Gasteiger partial charge in [-0.1, -0.05) is 33.3 Å². The van der Waals surface area contributed by atoms with Crippen LogP contribution >= 0.6 is 0 Å². The Kier molecular flexibility index (Phi) is 4.19. The van der Waals surface area contributed by atoms with Crippen molar-refractivity contribution in [2.75, 3.05) is 13.1 Å². The van der Waals surface area contributed by atoms with Crippen LogP contribution in [0.2, 0.25) is 0 Å². The van der Waals surface area contributed by atoms with Crippen LogP contribution < -0.4 is 0 Å². The average Bonchev–Trinajstić information content (AvgIpc) is 2.80. The van der Waals surface area contributed by atoms with Crippen molar-refractivity contribution >= 4 is 0 Å². The molecule has 1 atom stereocenters. The third kappa shape index (κ3) is 3.18. The van der Waals surface area contributed by atoms with E-state index in [2.05, 4.69) is 44.7 Å². The van der Waals surface area contributed by atoms with Gasteiger partial charge in [0.2, 0.25) is 0 Å². The molecule has 102 valence electrons. The van der Waals surface area contributed by atoms with E-state index in [-0.39, 0.29) is 0 Å². The maximum absolute atomic E-state index is 2.58. The molecule has 1 fully saturated rings. The molecule has 0 aromatic heterocycles. The van der Waals surface area contributed by atoms with Gasteiger partial charge in [-0.15, -0.1) is 0 Å². The number of nitrogens with zero attached hydrogens (tertiary/aromatic N) is 1. The van der Waals surface area contributed by atoms with Crippen molar-refractivity contribution in [2.45, 2.75) is 59.8 Å². The standard InChI is InChI=1S/C17H29N/c1-14(2)7-9-17(4)10-8-16(15(3)13-17)18-11-5-6-12-18/h8,10,14H,5-7,9,11-13H2,1-4H3. The molecule has 0 spiro atoms. The molecule has 1 saturated heterocycles. The molecule has 2 aliphatic rings. The zero-order valence-corrected chi connectivity index (χ0v) is 12.6. The van der Waals surface area contributed by atoms with Crippen LogP contribution in [-0.2, 0) is 0 Å². The molecule has 1 heterocycles. The zero-order chi connectivity index (χ0) is 13.2. The Morgan fingerprint density at radius 2 is 1.94 bits per heavy atom. The summed E-state index contributed by atoms with van der Waals surface area (Å²) < 4.78 is 0. The fourth-order valence-corrected chi connectivity index (χ4v) is 3.30. The summed E-state index contributed by atoms with van der Waals surface area (Å²) in [6, 6.07) is 0. The predicted octanol–water partition coefficient (Wildman–Crippen LogP) is 4.76. The largest absolute Gasteiger partial charge is 0.372 e. The summed E-state index contributed by atoms with van der Waals surface area (Å²) in [6.45, 7) is 11.9. The fraction of sp³-hybridized carbons (Fsp3) is 0.765. The van der Waals surface area contributed by atoms with E-state index in [0.717, 1.165) is 5.92 Å². The lowest BCUT2D eigenvalue weighted by molar-refractivity contribution is 0.331. The second-order valence-corrected chi connectivity index (χ2v) is 6.96. The first-order valence-corrected chi connectivity index (χ1v) is 7.64. The quantitative estimate of drug-likeness (QED) is 0.692. The third-order valence-electron chi connectivity index (χ3n) is 4.49. The third-order valence-corrected chi connectivity index (χ3v) is 4.49. The van der Waals surface area contributed by atoms with Crippen molar-refractivity contribution in [1.29, 1.82) is 0 Å². The first-order valence-electron chi connectivity index (χ1n) is 7.64. The number of allylic oxidation sites excluding steroid dienone is 3. The number of hydrogen-bond donors (Lipinski definition) is 0. The molecule has 1 unspecified atom stereocenters. The van der Waals surface area contributed by atoms with Crippen LogP contribution in [0.5, 0.6) is 0 Å². The van der Waals surface area contributed by atoms with Gasteiger partial charge in [0.1, 0.15) is 0 Å². The second-order valence-electron chi connectivity index (χ2n) is 6.96. The first-order chi connectivity index (χ1) is 8.50. The van der Waals surface area contributed by atoms with E-state index in [0.29, 0.717) is 5.41 Å².